The Hall–Kier alpha value is -4.29. The van der Waals surface area contributed by atoms with Crippen LogP contribution in [0.2, 0.25) is 10.1 Å². The number of ether oxygens (including phenoxy) is 6. The van der Waals surface area contributed by atoms with Gasteiger partial charge < -0.3 is 42.4 Å². The molecule has 16 atom stereocenters. The number of esters is 2. The summed E-state index contributed by atoms with van der Waals surface area (Å²) in [7, 11) is -6.38. The Morgan fingerprint density at radius 3 is 1.62 bits per heavy atom. The van der Waals surface area contributed by atoms with E-state index < -0.39 is 71.4 Å². The van der Waals surface area contributed by atoms with Gasteiger partial charge in [-0.1, -0.05) is 177 Å². The Morgan fingerprint density at radius 1 is 0.598 bits per heavy atom. The van der Waals surface area contributed by atoms with Gasteiger partial charge in [0, 0.05) is 31.3 Å². The molecule has 3 heterocycles. The van der Waals surface area contributed by atoms with Crippen LogP contribution in [-0.4, -0.2) is 101 Å². The summed E-state index contributed by atoms with van der Waals surface area (Å²) in [5, 5.41) is 16.9. The monoisotopic (exact) mass is 1150 g/mol. The number of rotatable bonds is 14. The highest BCUT2D eigenvalue weighted by atomic mass is 28.4. The van der Waals surface area contributed by atoms with Gasteiger partial charge in [0.2, 0.25) is 0 Å². The van der Waals surface area contributed by atoms with Gasteiger partial charge in [0.15, 0.2) is 12.6 Å². The molecule has 0 aromatic heterocycles. The normalized spacial score (nSPS) is 36.1. The van der Waals surface area contributed by atoms with Gasteiger partial charge in [-0.3, -0.25) is 4.79 Å². The molecule has 1 N–H and O–H groups in total. The summed E-state index contributed by atoms with van der Waals surface area (Å²) in [6.07, 6.45) is 6.22. The van der Waals surface area contributed by atoms with Crippen molar-refractivity contribution in [3.8, 4) is 0 Å². The zero-order valence-corrected chi connectivity index (χ0v) is 52.6. The van der Waals surface area contributed by atoms with E-state index >= 15 is 0 Å². The lowest BCUT2D eigenvalue weighted by molar-refractivity contribution is -0.317. The van der Waals surface area contributed by atoms with Crippen molar-refractivity contribution in [3.05, 3.63) is 133 Å². The molecular weight excluding hydrogens is 1060 g/mol. The number of carbonyl (C=O) groups excluding carboxylic acids is 2. The maximum absolute atomic E-state index is 13.1. The van der Waals surface area contributed by atoms with E-state index in [-0.39, 0.29) is 50.8 Å². The minimum Gasteiger partial charge on any atom is -0.459 e. The molecule has 6 fully saturated rings. The number of benzene rings is 4. The van der Waals surface area contributed by atoms with Crippen molar-refractivity contribution < 1.29 is 52.0 Å². The van der Waals surface area contributed by atoms with Crippen molar-refractivity contribution >= 4 is 49.3 Å². The number of carbonyl (C=O) groups is 2. The van der Waals surface area contributed by atoms with Crippen LogP contribution in [0.5, 0.6) is 0 Å². The third kappa shape index (κ3) is 10.5. The van der Waals surface area contributed by atoms with Crippen molar-refractivity contribution in [2.24, 2.45) is 34.5 Å². The number of cyclic esters (lactones) is 1. The maximum Gasteiger partial charge on any atom is 0.331 e. The van der Waals surface area contributed by atoms with Crippen LogP contribution in [0.15, 0.2) is 133 Å². The topological polar surface area (TPSA) is 128 Å². The third-order valence-electron chi connectivity index (χ3n) is 21.6. The van der Waals surface area contributed by atoms with Gasteiger partial charge in [-0.25, -0.2) is 4.79 Å². The summed E-state index contributed by atoms with van der Waals surface area (Å²) >= 11 is 0. The fourth-order valence-electron chi connectivity index (χ4n) is 17.7. The van der Waals surface area contributed by atoms with Gasteiger partial charge in [-0.2, -0.15) is 0 Å². The molecule has 4 aliphatic carbocycles. The van der Waals surface area contributed by atoms with E-state index in [0.29, 0.717) is 31.3 Å². The van der Waals surface area contributed by atoms with Gasteiger partial charge in [0.25, 0.3) is 16.6 Å². The van der Waals surface area contributed by atoms with Crippen LogP contribution in [0, 0.1) is 34.5 Å². The molecule has 0 radical (unpaired) electrons. The highest BCUT2D eigenvalue weighted by Crippen LogP contribution is 2.70. The van der Waals surface area contributed by atoms with Crippen LogP contribution in [0.25, 0.3) is 0 Å². The van der Waals surface area contributed by atoms with Crippen molar-refractivity contribution in [3.63, 3.8) is 0 Å². The van der Waals surface area contributed by atoms with Gasteiger partial charge in [-0.15, -0.1) is 0 Å². The number of fused-ring (bicyclic) bond motifs is 5. The van der Waals surface area contributed by atoms with Crippen LogP contribution < -0.4 is 20.7 Å². The van der Waals surface area contributed by atoms with Crippen molar-refractivity contribution in [2.45, 2.75) is 218 Å². The average Bonchev–Trinajstić information content (AvgIpc) is 1.47. The van der Waals surface area contributed by atoms with E-state index in [1.807, 2.05) is 6.92 Å². The first-order valence-corrected chi connectivity index (χ1v) is 34.8. The fourth-order valence-corrected chi connectivity index (χ4v) is 27.1. The molecule has 0 bridgehead atoms. The van der Waals surface area contributed by atoms with Crippen LogP contribution in [0.4, 0.5) is 0 Å². The molecule has 11 nitrogen and oxygen atoms in total. The smallest absolute Gasteiger partial charge is 0.331 e. The minimum atomic E-state index is -3.21. The number of hydrogen-bond acceptors (Lipinski definition) is 11. The van der Waals surface area contributed by atoms with Crippen LogP contribution in [0.1, 0.15) is 147 Å². The molecule has 82 heavy (non-hydrogen) atoms. The van der Waals surface area contributed by atoms with Crippen LogP contribution >= 0.6 is 0 Å². The van der Waals surface area contributed by atoms with Gasteiger partial charge in [0.1, 0.15) is 18.8 Å². The summed E-state index contributed by atoms with van der Waals surface area (Å²) in [6.45, 7) is 24.6. The Bertz CT molecular complexity index is 2810. The number of aliphatic hydroxyl groups is 1. The van der Waals surface area contributed by atoms with Crippen molar-refractivity contribution in [2.75, 3.05) is 6.61 Å². The summed E-state index contributed by atoms with van der Waals surface area (Å²) in [4.78, 5) is 25.3. The van der Waals surface area contributed by atoms with E-state index in [1.54, 1.807) is 6.08 Å². The summed E-state index contributed by atoms with van der Waals surface area (Å²) in [5.41, 5.74) is 0.128. The molecule has 4 aromatic carbocycles. The highest BCUT2D eigenvalue weighted by Gasteiger charge is 2.68. The second kappa shape index (κ2) is 22.9. The Balaban J connectivity index is 0.848. The van der Waals surface area contributed by atoms with Crippen LogP contribution in [0.3, 0.4) is 0 Å². The molecule has 4 aromatic rings. The molecule has 0 unspecified atom stereocenters. The Kier molecular flexibility index (Phi) is 16.6. The maximum atomic E-state index is 13.1. The summed E-state index contributed by atoms with van der Waals surface area (Å²) in [5.74, 6) is 0.649. The predicted molar refractivity (Wildman–Crippen MR) is 324 cm³/mol. The molecule has 2 saturated heterocycles. The molecule has 442 valence electrons. The molecule has 0 spiro atoms. The molecule has 11 rings (SSSR count). The van der Waals surface area contributed by atoms with E-state index in [4.69, 9.17) is 37.3 Å². The summed E-state index contributed by atoms with van der Waals surface area (Å²) in [6, 6.07) is 43.1. The number of hydrogen-bond donors (Lipinski definition) is 1. The minimum absolute atomic E-state index is 0.0173. The second-order valence-electron chi connectivity index (χ2n) is 28.2. The molecular formula is C69H92O11Si2. The standard InChI is InChI=1S/C69H92O11Si2/c1-45-63(58(76-47(3)70)42-61(74-45)77-50-34-37-67(10)49(41-50)32-33-57-56(67)35-38-68(11)55(36-39-69(57,68)72)48-40-60(71)73-44-48)78-62-43-59(79-81(65(4,5)6,51-24-16-12-17-25-51)52-26-18-13-19-27-52)64(46(2)75-62)80-82(66(7,8)9,53-28-20-14-21-29-53)54-30-22-15-23-31-54/h12-31,40,45-46,49-50,55-59,61-64,72H,32-39,41-44H2,1-11H3/t45-,46-,49-,50+,55-,56+,57-,58+,59+,61+,62+,63-,64-,67+,68-,69+/m1/s1. The zero-order chi connectivity index (χ0) is 58.0. The molecule has 0 amide bonds. The zero-order valence-electron chi connectivity index (χ0n) is 50.6. The van der Waals surface area contributed by atoms with Crippen molar-refractivity contribution in [1.29, 1.82) is 0 Å². The molecule has 7 aliphatic rings. The second-order valence-corrected chi connectivity index (χ2v) is 36.7. The molecule has 3 aliphatic heterocycles. The van der Waals surface area contributed by atoms with Crippen LogP contribution in [-0.2, 0) is 46.9 Å². The lowest BCUT2D eigenvalue weighted by atomic mass is 9.43. The summed E-state index contributed by atoms with van der Waals surface area (Å²) < 4.78 is 56.1. The van der Waals surface area contributed by atoms with Gasteiger partial charge >= 0.3 is 11.9 Å². The molecule has 13 heteroatoms. The van der Waals surface area contributed by atoms with E-state index in [0.717, 1.165) is 63.4 Å². The highest BCUT2D eigenvalue weighted by molar-refractivity contribution is 7.00. The van der Waals surface area contributed by atoms with E-state index in [1.165, 1.54) is 27.7 Å². The predicted octanol–water partition coefficient (Wildman–Crippen LogP) is 11.1. The Morgan fingerprint density at radius 2 is 1.11 bits per heavy atom. The van der Waals surface area contributed by atoms with Gasteiger partial charge in [-0.05, 0) is 137 Å². The fraction of sp³-hybridized carbons (Fsp3) is 0.594. The lowest BCUT2D eigenvalue weighted by Crippen LogP contribution is -2.73. The quantitative estimate of drug-likeness (QED) is 0.0736. The SMILES string of the molecule is CC(=O)O[C@H]1C[C@H](O[C@H]2CC[C@@]3(C)[C@H](CC[C@@H]4[C@@H]3CC[C@]3(C)[C@@H](C5=CC(=O)OC5)CC[C@]43O)C2)O[C@H](C)[C@H]1O[C@H]1C[C@H](O[Si](c2ccccc2)(c2ccccc2)C(C)(C)C)[C@H](O[Si](c2ccccc2)(c2ccccc2)C(C)(C)C)[C@@H](C)O1. The largest absolute Gasteiger partial charge is 0.459 e. The average molecular weight is 1150 g/mol. The first-order chi connectivity index (χ1) is 39.0. The molecule has 4 saturated carbocycles. The first kappa shape index (κ1) is 59.4. The van der Waals surface area contributed by atoms with Crippen molar-refractivity contribution in [1.82, 2.24) is 0 Å². The van der Waals surface area contributed by atoms with E-state index in [2.05, 4.69) is 184 Å². The van der Waals surface area contributed by atoms with E-state index in [9.17, 15) is 14.7 Å². The Labute approximate surface area is 490 Å². The lowest BCUT2D eigenvalue weighted by Gasteiger charge is -2.64. The third-order valence-corrected chi connectivity index (χ3v) is 31.7. The van der Waals surface area contributed by atoms with Gasteiger partial charge in [0.05, 0.1) is 36.1 Å². The first-order valence-electron chi connectivity index (χ1n) is 31.0.